The summed E-state index contributed by atoms with van der Waals surface area (Å²) < 4.78 is 12.5. The lowest BCUT2D eigenvalue weighted by atomic mass is 9.96. The number of fused-ring (bicyclic) bond motifs is 6. The molecule has 268 valence electrons. The maximum atomic E-state index is 6.33. The number of furan rings is 2. The fourth-order valence-corrected chi connectivity index (χ4v) is 8.25. The Morgan fingerprint density at radius 2 is 0.684 bits per heavy atom. The molecular weight excluding hydrogens is 695 g/mol. The van der Waals surface area contributed by atoms with Gasteiger partial charge in [0.25, 0.3) is 0 Å². The van der Waals surface area contributed by atoms with Crippen molar-refractivity contribution in [2.24, 2.45) is 0 Å². The van der Waals surface area contributed by atoms with Crippen molar-refractivity contribution in [2.75, 3.05) is 4.90 Å². The maximum absolute atomic E-state index is 6.33. The monoisotopic (exact) mass is 729 g/mol. The van der Waals surface area contributed by atoms with E-state index in [-0.39, 0.29) is 0 Å². The number of rotatable bonds is 7. The molecular formula is C54H35NO2. The average Bonchev–Trinajstić information content (AvgIpc) is 3.86. The normalized spacial score (nSPS) is 11.5. The lowest BCUT2D eigenvalue weighted by Gasteiger charge is -2.26. The Kier molecular flexibility index (Phi) is 7.82. The van der Waals surface area contributed by atoms with E-state index in [1.54, 1.807) is 0 Å². The van der Waals surface area contributed by atoms with Crippen molar-refractivity contribution in [3.8, 4) is 44.5 Å². The molecule has 0 bridgehead atoms. The van der Waals surface area contributed by atoms with Crippen molar-refractivity contribution in [2.45, 2.75) is 0 Å². The summed E-state index contributed by atoms with van der Waals surface area (Å²) in [5.41, 5.74) is 16.2. The van der Waals surface area contributed by atoms with Gasteiger partial charge in [-0.3, -0.25) is 0 Å². The molecule has 9 aromatic carbocycles. The molecule has 0 spiro atoms. The number of anilines is 3. The summed E-state index contributed by atoms with van der Waals surface area (Å²) in [6, 6.07) is 75.1. The molecule has 2 aromatic heterocycles. The Labute approximate surface area is 330 Å². The Hall–Kier alpha value is -7.62. The van der Waals surface area contributed by atoms with Crippen LogP contribution in [0.1, 0.15) is 0 Å². The van der Waals surface area contributed by atoms with E-state index in [1.165, 1.54) is 38.9 Å². The first-order valence-corrected chi connectivity index (χ1v) is 19.3. The fourth-order valence-electron chi connectivity index (χ4n) is 8.25. The van der Waals surface area contributed by atoms with Crippen LogP contribution in [0.15, 0.2) is 221 Å². The van der Waals surface area contributed by atoms with Gasteiger partial charge in [0.2, 0.25) is 0 Å². The molecule has 0 N–H and O–H groups in total. The predicted octanol–water partition coefficient (Wildman–Crippen LogP) is 15.6. The van der Waals surface area contributed by atoms with E-state index >= 15 is 0 Å². The topological polar surface area (TPSA) is 29.5 Å². The SMILES string of the molecule is c1ccc(-c2ccc(N(c3ccc(-c4ccc(-c5ccc(-c6cccc7oc8ccccc8c67)cc5)cc4)cc3)c3ccc4c(c3)oc3ccccc34)cc2)cc1. The minimum atomic E-state index is 0.870. The van der Waals surface area contributed by atoms with Crippen LogP contribution >= 0.6 is 0 Å². The number of hydrogen-bond donors (Lipinski definition) is 0. The molecule has 0 amide bonds. The number of para-hydroxylation sites is 2. The zero-order valence-corrected chi connectivity index (χ0v) is 31.0. The smallest absolute Gasteiger partial charge is 0.137 e. The molecule has 57 heavy (non-hydrogen) atoms. The van der Waals surface area contributed by atoms with Crippen LogP contribution in [0.2, 0.25) is 0 Å². The minimum Gasteiger partial charge on any atom is -0.456 e. The molecule has 0 unspecified atom stereocenters. The van der Waals surface area contributed by atoms with E-state index in [2.05, 4.69) is 187 Å². The molecule has 0 aliphatic heterocycles. The van der Waals surface area contributed by atoms with E-state index in [4.69, 9.17) is 8.83 Å². The third kappa shape index (κ3) is 5.85. The Balaban J connectivity index is 0.892. The standard InChI is InChI=1S/C54H35NO2/c1-2-9-36(10-3-1)40-25-29-43(30-26-40)55(45-33-34-48-47-11-4-6-14-50(47)57-53(48)35-45)44-31-27-41(28-32-44)38-19-17-37(18-20-38)39-21-23-42(24-22-39)46-13-8-16-52-54(46)49-12-5-7-15-51(49)56-52/h1-35H. The van der Waals surface area contributed by atoms with Gasteiger partial charge >= 0.3 is 0 Å². The summed E-state index contributed by atoms with van der Waals surface area (Å²) in [5.74, 6) is 0. The van der Waals surface area contributed by atoms with Gasteiger partial charge in [-0.1, -0.05) is 152 Å². The van der Waals surface area contributed by atoms with Crippen molar-refractivity contribution in [1.29, 1.82) is 0 Å². The minimum absolute atomic E-state index is 0.870. The van der Waals surface area contributed by atoms with Gasteiger partial charge in [0.05, 0.1) is 0 Å². The van der Waals surface area contributed by atoms with Crippen LogP contribution in [0.25, 0.3) is 88.4 Å². The first kappa shape index (κ1) is 32.8. The number of hydrogen-bond acceptors (Lipinski definition) is 3. The van der Waals surface area contributed by atoms with Gasteiger partial charge in [0.1, 0.15) is 22.3 Å². The van der Waals surface area contributed by atoms with Gasteiger partial charge in [0.15, 0.2) is 0 Å². The van der Waals surface area contributed by atoms with Crippen LogP contribution in [0.4, 0.5) is 17.1 Å². The summed E-state index contributed by atoms with van der Waals surface area (Å²) in [6.45, 7) is 0. The molecule has 0 saturated carbocycles. The predicted molar refractivity (Wildman–Crippen MR) is 237 cm³/mol. The lowest BCUT2D eigenvalue weighted by Crippen LogP contribution is -2.09. The second-order valence-corrected chi connectivity index (χ2v) is 14.5. The molecule has 11 aromatic rings. The number of benzene rings is 9. The van der Waals surface area contributed by atoms with Crippen molar-refractivity contribution in [1.82, 2.24) is 0 Å². The molecule has 0 aliphatic rings. The third-order valence-corrected chi connectivity index (χ3v) is 11.1. The summed E-state index contributed by atoms with van der Waals surface area (Å²) in [5, 5.41) is 4.55. The van der Waals surface area contributed by atoms with Crippen LogP contribution in [0.3, 0.4) is 0 Å². The van der Waals surface area contributed by atoms with E-state index < -0.39 is 0 Å². The molecule has 11 rings (SSSR count). The largest absolute Gasteiger partial charge is 0.456 e. The summed E-state index contributed by atoms with van der Waals surface area (Å²) >= 11 is 0. The molecule has 0 fully saturated rings. The molecule has 0 aliphatic carbocycles. The summed E-state index contributed by atoms with van der Waals surface area (Å²) in [6.07, 6.45) is 0. The van der Waals surface area contributed by atoms with Crippen molar-refractivity contribution in [3.63, 3.8) is 0 Å². The second-order valence-electron chi connectivity index (χ2n) is 14.5. The zero-order valence-electron chi connectivity index (χ0n) is 31.0. The molecule has 3 nitrogen and oxygen atoms in total. The van der Waals surface area contributed by atoms with Gasteiger partial charge in [-0.25, -0.2) is 0 Å². The average molecular weight is 730 g/mol. The van der Waals surface area contributed by atoms with Gasteiger partial charge < -0.3 is 13.7 Å². The molecule has 2 heterocycles. The van der Waals surface area contributed by atoms with E-state index in [0.29, 0.717) is 0 Å². The fraction of sp³-hybridized carbons (Fsp3) is 0. The van der Waals surface area contributed by atoms with E-state index in [1.807, 2.05) is 30.3 Å². The van der Waals surface area contributed by atoms with Crippen molar-refractivity contribution < 1.29 is 8.83 Å². The molecule has 0 saturated heterocycles. The van der Waals surface area contributed by atoms with E-state index in [0.717, 1.165) is 66.5 Å². The molecule has 3 heteroatoms. The van der Waals surface area contributed by atoms with Crippen LogP contribution in [-0.2, 0) is 0 Å². The highest BCUT2D eigenvalue weighted by Crippen LogP contribution is 2.41. The van der Waals surface area contributed by atoms with Crippen molar-refractivity contribution in [3.05, 3.63) is 212 Å². The highest BCUT2D eigenvalue weighted by Gasteiger charge is 2.17. The van der Waals surface area contributed by atoms with Gasteiger partial charge in [-0.2, -0.15) is 0 Å². The summed E-state index contributed by atoms with van der Waals surface area (Å²) in [7, 11) is 0. The number of nitrogens with zero attached hydrogens (tertiary/aromatic N) is 1. The first-order valence-electron chi connectivity index (χ1n) is 19.3. The van der Waals surface area contributed by atoms with Crippen LogP contribution in [0.5, 0.6) is 0 Å². The van der Waals surface area contributed by atoms with Crippen LogP contribution in [-0.4, -0.2) is 0 Å². The Morgan fingerprint density at radius 1 is 0.263 bits per heavy atom. The third-order valence-electron chi connectivity index (χ3n) is 11.1. The van der Waals surface area contributed by atoms with Crippen molar-refractivity contribution >= 4 is 60.9 Å². The van der Waals surface area contributed by atoms with Gasteiger partial charge in [-0.15, -0.1) is 0 Å². The van der Waals surface area contributed by atoms with Crippen LogP contribution in [0, 0.1) is 0 Å². The van der Waals surface area contributed by atoms with Crippen LogP contribution < -0.4 is 4.90 Å². The van der Waals surface area contributed by atoms with E-state index in [9.17, 15) is 0 Å². The zero-order chi connectivity index (χ0) is 37.7. The molecule has 0 atom stereocenters. The highest BCUT2D eigenvalue weighted by molar-refractivity contribution is 6.12. The summed E-state index contributed by atoms with van der Waals surface area (Å²) in [4.78, 5) is 2.30. The lowest BCUT2D eigenvalue weighted by molar-refractivity contribution is 0.668. The maximum Gasteiger partial charge on any atom is 0.137 e. The van der Waals surface area contributed by atoms with Gasteiger partial charge in [-0.05, 0) is 99.1 Å². The second kappa shape index (κ2) is 13.6. The highest BCUT2D eigenvalue weighted by atomic mass is 16.3. The molecule has 0 radical (unpaired) electrons. The first-order chi connectivity index (χ1) is 28.2. The quantitative estimate of drug-likeness (QED) is 0.164. The Bertz CT molecular complexity index is 3190. The van der Waals surface area contributed by atoms with Gasteiger partial charge in [0, 0.05) is 44.7 Å². The Morgan fingerprint density at radius 3 is 1.30 bits per heavy atom.